The first-order valence-corrected chi connectivity index (χ1v) is 7.24. The predicted octanol–water partition coefficient (Wildman–Crippen LogP) is 1.76. The molecule has 0 saturated carbocycles. The van der Waals surface area contributed by atoms with Gasteiger partial charge in [0.05, 0.1) is 11.3 Å². The highest BCUT2D eigenvalue weighted by Crippen LogP contribution is 2.25. The Balaban J connectivity index is 3.08. The third-order valence-corrected chi connectivity index (χ3v) is 4.18. The normalized spacial score (nSPS) is 12.7. The van der Waals surface area contributed by atoms with E-state index >= 15 is 0 Å². The Hall–Kier alpha value is -0.890. The first kappa shape index (κ1) is 16.2. The number of halogens is 2. The number of anilines is 1. The van der Waals surface area contributed by atoms with Gasteiger partial charge in [0.15, 0.2) is 5.82 Å². The van der Waals surface area contributed by atoms with E-state index in [4.69, 9.17) is 22.1 Å². The molecule has 19 heavy (non-hydrogen) atoms. The van der Waals surface area contributed by atoms with Crippen molar-refractivity contribution in [2.24, 2.45) is 0 Å². The number of rotatable bonds is 5. The van der Waals surface area contributed by atoms with E-state index in [-0.39, 0.29) is 17.3 Å². The molecule has 1 aromatic carbocycles. The van der Waals surface area contributed by atoms with Crippen LogP contribution >= 0.6 is 11.6 Å². The van der Waals surface area contributed by atoms with Gasteiger partial charge in [-0.3, -0.25) is 0 Å². The second-order valence-electron chi connectivity index (χ2n) is 4.60. The molecule has 0 spiro atoms. The molecule has 0 unspecified atom stereocenters. The molecule has 0 aromatic heterocycles. The van der Waals surface area contributed by atoms with Crippen LogP contribution < -0.4 is 10.5 Å². The van der Waals surface area contributed by atoms with Gasteiger partial charge in [0.1, 0.15) is 4.90 Å². The monoisotopic (exact) mass is 310 g/mol. The van der Waals surface area contributed by atoms with Crippen LogP contribution in [0.1, 0.15) is 13.8 Å². The second-order valence-corrected chi connectivity index (χ2v) is 6.77. The number of methoxy groups -OCH3 is 1. The Kier molecular flexibility index (Phi) is 4.78. The van der Waals surface area contributed by atoms with Crippen LogP contribution in [0.25, 0.3) is 0 Å². The largest absolute Gasteiger partial charge is 0.396 e. The van der Waals surface area contributed by atoms with Crippen molar-refractivity contribution in [3.63, 3.8) is 0 Å². The number of nitrogen functional groups attached to an aromatic ring is 1. The van der Waals surface area contributed by atoms with Gasteiger partial charge in [-0.1, -0.05) is 11.6 Å². The number of hydrogen-bond acceptors (Lipinski definition) is 4. The molecule has 0 fully saturated rings. The Morgan fingerprint density at radius 1 is 1.47 bits per heavy atom. The van der Waals surface area contributed by atoms with Crippen LogP contribution in [-0.4, -0.2) is 27.7 Å². The number of nitrogens with two attached hydrogens (primary N) is 1. The lowest BCUT2D eigenvalue weighted by Gasteiger charge is -2.23. The Morgan fingerprint density at radius 3 is 2.58 bits per heavy atom. The van der Waals surface area contributed by atoms with Crippen LogP contribution in [0, 0.1) is 5.82 Å². The van der Waals surface area contributed by atoms with Crippen LogP contribution in [0.3, 0.4) is 0 Å². The highest BCUT2D eigenvalue weighted by molar-refractivity contribution is 7.89. The molecule has 0 saturated heterocycles. The summed E-state index contributed by atoms with van der Waals surface area (Å²) in [5.41, 5.74) is 4.31. The lowest BCUT2D eigenvalue weighted by Crippen LogP contribution is -2.39. The SMILES string of the molecule is COC(C)(C)CNS(=O)(=O)c1cc(Cl)cc(N)c1F. The van der Waals surface area contributed by atoms with Crippen LogP contribution in [-0.2, 0) is 14.8 Å². The third-order valence-electron chi connectivity index (χ3n) is 2.56. The number of ether oxygens (including phenoxy) is 1. The van der Waals surface area contributed by atoms with Crippen molar-refractivity contribution >= 4 is 27.3 Å². The molecule has 0 aliphatic rings. The van der Waals surface area contributed by atoms with Gasteiger partial charge in [-0.05, 0) is 26.0 Å². The van der Waals surface area contributed by atoms with E-state index in [0.717, 1.165) is 12.1 Å². The van der Waals surface area contributed by atoms with Gasteiger partial charge < -0.3 is 10.5 Å². The number of sulfonamides is 1. The molecule has 0 aliphatic heterocycles. The van der Waals surface area contributed by atoms with Gasteiger partial charge in [0.25, 0.3) is 0 Å². The molecule has 0 aliphatic carbocycles. The molecule has 0 heterocycles. The van der Waals surface area contributed by atoms with Crippen LogP contribution in [0.5, 0.6) is 0 Å². The lowest BCUT2D eigenvalue weighted by molar-refractivity contribution is 0.0276. The van der Waals surface area contributed by atoms with Gasteiger partial charge >= 0.3 is 0 Å². The van der Waals surface area contributed by atoms with E-state index in [1.54, 1.807) is 13.8 Å². The summed E-state index contributed by atoms with van der Waals surface area (Å²) in [6.07, 6.45) is 0. The molecule has 5 nitrogen and oxygen atoms in total. The summed E-state index contributed by atoms with van der Waals surface area (Å²) < 4.78 is 45.1. The van der Waals surface area contributed by atoms with E-state index in [9.17, 15) is 12.8 Å². The standard InChI is InChI=1S/C11H16ClFN2O3S/c1-11(2,18-3)6-15-19(16,17)9-5-7(12)4-8(14)10(9)13/h4-5,15H,6,14H2,1-3H3. The van der Waals surface area contributed by atoms with Gasteiger partial charge in [0, 0.05) is 18.7 Å². The third kappa shape index (κ3) is 4.04. The summed E-state index contributed by atoms with van der Waals surface area (Å²) in [6, 6.07) is 2.16. The topological polar surface area (TPSA) is 81.4 Å². The van der Waals surface area contributed by atoms with Crippen LogP contribution in [0.2, 0.25) is 5.02 Å². The molecule has 0 amide bonds. The molecule has 0 radical (unpaired) electrons. The number of benzene rings is 1. The first-order chi connectivity index (χ1) is 8.59. The summed E-state index contributed by atoms with van der Waals surface area (Å²) in [5.74, 6) is -1.02. The van der Waals surface area contributed by atoms with E-state index in [0.29, 0.717) is 0 Å². The molecule has 1 rings (SSSR count). The minimum Gasteiger partial charge on any atom is -0.396 e. The first-order valence-electron chi connectivity index (χ1n) is 5.38. The highest BCUT2D eigenvalue weighted by Gasteiger charge is 2.25. The molecule has 108 valence electrons. The van der Waals surface area contributed by atoms with Crippen molar-refractivity contribution in [3.05, 3.63) is 23.0 Å². The smallest absolute Gasteiger partial charge is 0.243 e. The summed E-state index contributed by atoms with van der Waals surface area (Å²) in [6.45, 7) is 3.37. The maximum absolute atomic E-state index is 13.7. The van der Waals surface area contributed by atoms with Crippen LogP contribution in [0.15, 0.2) is 17.0 Å². The van der Waals surface area contributed by atoms with E-state index in [1.807, 2.05) is 0 Å². The molecule has 8 heteroatoms. The van der Waals surface area contributed by atoms with Crippen LogP contribution in [0.4, 0.5) is 10.1 Å². The zero-order valence-electron chi connectivity index (χ0n) is 10.8. The maximum Gasteiger partial charge on any atom is 0.243 e. The van der Waals surface area contributed by atoms with Crippen molar-refractivity contribution in [2.45, 2.75) is 24.3 Å². The van der Waals surface area contributed by atoms with Gasteiger partial charge in [-0.2, -0.15) is 0 Å². The predicted molar refractivity (Wildman–Crippen MR) is 72.1 cm³/mol. The lowest BCUT2D eigenvalue weighted by atomic mass is 10.1. The van der Waals surface area contributed by atoms with E-state index < -0.39 is 26.3 Å². The number of nitrogens with one attached hydrogen (secondary N) is 1. The summed E-state index contributed by atoms with van der Waals surface area (Å²) >= 11 is 5.68. The summed E-state index contributed by atoms with van der Waals surface area (Å²) in [5, 5.41) is 0.0466. The zero-order chi connectivity index (χ0) is 14.8. The Bertz CT molecular complexity index is 576. The Morgan fingerprint density at radius 2 is 2.05 bits per heavy atom. The molecule has 3 N–H and O–H groups in total. The zero-order valence-corrected chi connectivity index (χ0v) is 12.4. The van der Waals surface area contributed by atoms with Crippen molar-refractivity contribution in [1.29, 1.82) is 0 Å². The fourth-order valence-corrected chi connectivity index (χ4v) is 2.82. The van der Waals surface area contributed by atoms with Crippen molar-refractivity contribution in [2.75, 3.05) is 19.4 Å². The quantitative estimate of drug-likeness (QED) is 0.812. The summed E-state index contributed by atoms with van der Waals surface area (Å²) in [4.78, 5) is -0.579. The van der Waals surface area contributed by atoms with Gasteiger partial charge in [-0.25, -0.2) is 17.5 Å². The minimum absolute atomic E-state index is 0.0162. The molecule has 0 bridgehead atoms. The Labute approximate surface area is 116 Å². The summed E-state index contributed by atoms with van der Waals surface area (Å²) in [7, 11) is -2.60. The van der Waals surface area contributed by atoms with Gasteiger partial charge in [-0.15, -0.1) is 0 Å². The fourth-order valence-electron chi connectivity index (χ4n) is 1.20. The van der Waals surface area contributed by atoms with Crippen molar-refractivity contribution in [3.8, 4) is 0 Å². The second kappa shape index (κ2) is 5.62. The maximum atomic E-state index is 13.7. The van der Waals surface area contributed by atoms with Gasteiger partial charge in [0.2, 0.25) is 10.0 Å². The van der Waals surface area contributed by atoms with E-state index in [2.05, 4.69) is 4.72 Å². The molecule has 0 atom stereocenters. The molecule has 1 aromatic rings. The minimum atomic E-state index is -4.05. The van der Waals surface area contributed by atoms with E-state index in [1.165, 1.54) is 7.11 Å². The van der Waals surface area contributed by atoms with Crippen molar-refractivity contribution in [1.82, 2.24) is 4.72 Å². The number of hydrogen-bond donors (Lipinski definition) is 2. The molecular formula is C11H16ClFN2O3S. The van der Waals surface area contributed by atoms with Crippen molar-refractivity contribution < 1.29 is 17.5 Å². The average molecular weight is 311 g/mol. The average Bonchev–Trinajstić information content (AvgIpc) is 2.31. The fraction of sp³-hybridized carbons (Fsp3) is 0.455. The molecular weight excluding hydrogens is 295 g/mol. The highest BCUT2D eigenvalue weighted by atomic mass is 35.5.